The van der Waals surface area contributed by atoms with Crippen molar-refractivity contribution in [1.29, 1.82) is 0 Å². The van der Waals surface area contributed by atoms with Gasteiger partial charge in [0.15, 0.2) is 0 Å². The van der Waals surface area contributed by atoms with Crippen LogP contribution in [0.2, 0.25) is 0 Å². The zero-order valence-electron chi connectivity index (χ0n) is 7.58. The monoisotopic (exact) mass is 192 g/mol. The minimum absolute atomic E-state index is 0.216. The van der Waals surface area contributed by atoms with Crippen molar-refractivity contribution in [3.8, 4) is 0 Å². The molecule has 0 spiro atoms. The molecule has 1 aliphatic heterocycles. The number of para-hydroxylation sites is 2. The number of hydrogen-bond donors (Lipinski definition) is 4. The quantitative estimate of drug-likeness (QED) is 0.284. The second kappa shape index (κ2) is 3.55. The van der Waals surface area contributed by atoms with E-state index in [0.717, 1.165) is 11.4 Å². The van der Waals surface area contributed by atoms with Gasteiger partial charge in [0.2, 0.25) is 0 Å². The van der Waals surface area contributed by atoms with E-state index >= 15 is 0 Å². The largest absolute Gasteiger partial charge is 0.381 e. The van der Waals surface area contributed by atoms with Gasteiger partial charge in [-0.25, -0.2) is 5.84 Å². The molecule has 5 N–H and O–H groups in total. The van der Waals surface area contributed by atoms with Crippen molar-refractivity contribution in [2.45, 2.75) is 6.04 Å². The van der Waals surface area contributed by atoms with E-state index in [1.807, 2.05) is 24.3 Å². The van der Waals surface area contributed by atoms with Crippen LogP contribution in [-0.2, 0) is 4.79 Å². The van der Waals surface area contributed by atoms with Crippen LogP contribution in [0.25, 0.3) is 0 Å². The highest BCUT2D eigenvalue weighted by atomic mass is 16.2. The van der Waals surface area contributed by atoms with Crippen LogP contribution in [0.5, 0.6) is 0 Å². The number of anilines is 2. The van der Waals surface area contributed by atoms with E-state index in [1.54, 1.807) is 0 Å². The average molecular weight is 192 g/mol. The molecule has 1 aliphatic rings. The molecule has 14 heavy (non-hydrogen) atoms. The fourth-order valence-electron chi connectivity index (χ4n) is 1.47. The van der Waals surface area contributed by atoms with E-state index in [-0.39, 0.29) is 11.9 Å². The first-order valence-corrected chi connectivity index (χ1v) is 4.41. The molecule has 0 fully saturated rings. The van der Waals surface area contributed by atoms with E-state index in [4.69, 9.17) is 5.84 Å². The van der Waals surface area contributed by atoms with Crippen LogP contribution in [-0.4, -0.2) is 18.5 Å². The maximum atomic E-state index is 11.2. The second-order valence-electron chi connectivity index (χ2n) is 3.13. The van der Waals surface area contributed by atoms with Crippen molar-refractivity contribution in [3.05, 3.63) is 24.3 Å². The molecule has 74 valence electrons. The fourth-order valence-corrected chi connectivity index (χ4v) is 1.47. The molecule has 0 aromatic heterocycles. The van der Waals surface area contributed by atoms with Gasteiger partial charge in [0.05, 0.1) is 11.4 Å². The van der Waals surface area contributed by atoms with Crippen molar-refractivity contribution in [2.24, 2.45) is 5.84 Å². The smallest absolute Gasteiger partial charge is 0.258 e. The number of fused-ring (bicyclic) bond motifs is 1. The third-order valence-electron chi connectivity index (χ3n) is 2.21. The average Bonchev–Trinajstić information content (AvgIpc) is 2.27. The van der Waals surface area contributed by atoms with Crippen molar-refractivity contribution >= 4 is 17.3 Å². The zero-order valence-corrected chi connectivity index (χ0v) is 7.58. The van der Waals surface area contributed by atoms with Crippen LogP contribution in [0, 0.1) is 0 Å². The van der Waals surface area contributed by atoms with Crippen LogP contribution in [0.1, 0.15) is 0 Å². The third-order valence-corrected chi connectivity index (χ3v) is 2.21. The lowest BCUT2D eigenvalue weighted by molar-refractivity contribution is -0.121. The SMILES string of the molecule is NNC(=O)[C@@H]1CNc2ccccc2N1. The van der Waals surface area contributed by atoms with E-state index in [9.17, 15) is 4.79 Å². The van der Waals surface area contributed by atoms with Crippen molar-refractivity contribution in [3.63, 3.8) is 0 Å². The number of benzene rings is 1. The molecule has 1 amide bonds. The van der Waals surface area contributed by atoms with E-state index in [0.29, 0.717) is 6.54 Å². The number of hydrogen-bond acceptors (Lipinski definition) is 4. The molecule has 1 aromatic rings. The lowest BCUT2D eigenvalue weighted by atomic mass is 10.1. The summed E-state index contributed by atoms with van der Waals surface area (Å²) in [6, 6.07) is 7.42. The van der Waals surface area contributed by atoms with Crippen LogP contribution in [0.15, 0.2) is 24.3 Å². The summed E-state index contributed by atoms with van der Waals surface area (Å²) in [6.07, 6.45) is 0. The van der Waals surface area contributed by atoms with Crippen LogP contribution in [0.3, 0.4) is 0 Å². The Kier molecular flexibility index (Phi) is 2.24. The summed E-state index contributed by atoms with van der Waals surface area (Å²) in [5.74, 6) is 4.84. The maximum absolute atomic E-state index is 11.2. The molecule has 1 aromatic carbocycles. The molecule has 1 atom stereocenters. The number of rotatable bonds is 1. The summed E-state index contributed by atoms with van der Waals surface area (Å²) in [5, 5.41) is 6.24. The lowest BCUT2D eigenvalue weighted by Gasteiger charge is -2.26. The maximum Gasteiger partial charge on any atom is 0.258 e. The molecule has 5 heteroatoms. The van der Waals surface area contributed by atoms with Crippen LogP contribution >= 0.6 is 0 Å². The first kappa shape index (κ1) is 8.83. The minimum atomic E-state index is -0.310. The van der Waals surface area contributed by atoms with Crippen molar-refractivity contribution in [2.75, 3.05) is 17.2 Å². The highest BCUT2D eigenvalue weighted by Gasteiger charge is 2.22. The summed E-state index contributed by atoms with van der Waals surface area (Å²) in [7, 11) is 0. The molecule has 0 unspecified atom stereocenters. The Morgan fingerprint density at radius 2 is 2.14 bits per heavy atom. The Hall–Kier alpha value is -1.75. The van der Waals surface area contributed by atoms with Gasteiger partial charge < -0.3 is 10.6 Å². The summed E-state index contributed by atoms with van der Waals surface area (Å²) < 4.78 is 0. The highest BCUT2D eigenvalue weighted by molar-refractivity contribution is 5.88. The summed E-state index contributed by atoms with van der Waals surface area (Å²) in [4.78, 5) is 11.2. The minimum Gasteiger partial charge on any atom is -0.381 e. The molecule has 1 heterocycles. The molecular weight excluding hydrogens is 180 g/mol. The molecule has 5 nitrogen and oxygen atoms in total. The van der Waals surface area contributed by atoms with Crippen LogP contribution < -0.4 is 21.9 Å². The normalized spacial score (nSPS) is 18.8. The highest BCUT2D eigenvalue weighted by Crippen LogP contribution is 2.24. The van der Waals surface area contributed by atoms with Gasteiger partial charge in [-0.15, -0.1) is 0 Å². The van der Waals surface area contributed by atoms with Gasteiger partial charge in [-0.1, -0.05) is 12.1 Å². The first-order chi connectivity index (χ1) is 6.81. The van der Waals surface area contributed by atoms with Gasteiger partial charge in [0.25, 0.3) is 5.91 Å². The number of carbonyl (C=O) groups excluding carboxylic acids is 1. The molecular formula is C9H12N4O. The molecule has 2 rings (SSSR count). The lowest BCUT2D eigenvalue weighted by Crippen LogP contribution is -2.48. The molecule has 0 bridgehead atoms. The van der Waals surface area contributed by atoms with Gasteiger partial charge in [-0.2, -0.15) is 0 Å². The van der Waals surface area contributed by atoms with Gasteiger partial charge in [-0.05, 0) is 12.1 Å². The number of hydrazine groups is 1. The van der Waals surface area contributed by atoms with Crippen molar-refractivity contribution in [1.82, 2.24) is 5.43 Å². The molecule has 0 radical (unpaired) electrons. The molecule has 0 saturated heterocycles. The Morgan fingerprint density at radius 3 is 2.86 bits per heavy atom. The second-order valence-corrected chi connectivity index (χ2v) is 3.13. The van der Waals surface area contributed by atoms with Gasteiger partial charge in [0.1, 0.15) is 6.04 Å². The molecule has 0 aliphatic carbocycles. The van der Waals surface area contributed by atoms with Crippen molar-refractivity contribution < 1.29 is 4.79 Å². The van der Waals surface area contributed by atoms with Gasteiger partial charge in [0, 0.05) is 6.54 Å². The predicted octanol–water partition coefficient (Wildman–Crippen LogP) is -0.117. The standard InChI is InChI=1S/C9H12N4O/c10-13-9(14)8-5-11-6-3-1-2-4-7(6)12-8/h1-4,8,11-12H,5,10H2,(H,13,14)/t8-/m0/s1. The van der Waals surface area contributed by atoms with E-state index < -0.39 is 0 Å². The summed E-state index contributed by atoms with van der Waals surface area (Å²) in [6.45, 7) is 0.542. The van der Waals surface area contributed by atoms with Gasteiger partial charge in [-0.3, -0.25) is 10.2 Å². The predicted molar refractivity (Wildman–Crippen MR) is 54.7 cm³/mol. The zero-order chi connectivity index (χ0) is 9.97. The number of amides is 1. The Bertz CT molecular complexity index is 352. The van der Waals surface area contributed by atoms with Gasteiger partial charge >= 0.3 is 0 Å². The summed E-state index contributed by atoms with van der Waals surface area (Å²) in [5.41, 5.74) is 4.06. The van der Waals surface area contributed by atoms with E-state index in [1.165, 1.54) is 0 Å². The Morgan fingerprint density at radius 1 is 1.43 bits per heavy atom. The summed E-state index contributed by atoms with van der Waals surface area (Å²) >= 11 is 0. The Balaban J connectivity index is 2.17. The van der Waals surface area contributed by atoms with E-state index in [2.05, 4.69) is 16.1 Å². The fraction of sp³-hybridized carbons (Fsp3) is 0.222. The number of nitrogens with one attached hydrogen (secondary N) is 3. The third kappa shape index (κ3) is 1.49. The Labute approximate surface area is 81.6 Å². The van der Waals surface area contributed by atoms with Crippen LogP contribution in [0.4, 0.5) is 11.4 Å². The number of carbonyl (C=O) groups is 1. The first-order valence-electron chi connectivity index (χ1n) is 4.41. The topological polar surface area (TPSA) is 79.2 Å². The number of nitrogens with two attached hydrogens (primary N) is 1. The molecule has 0 saturated carbocycles.